The Bertz CT molecular complexity index is 836. The first-order valence-corrected chi connectivity index (χ1v) is 9.58. The van der Waals surface area contributed by atoms with Crippen molar-refractivity contribution in [2.45, 2.75) is 32.2 Å². The number of aliphatic carboxylic acids is 1. The van der Waals surface area contributed by atoms with Crippen LogP contribution in [0.4, 0.5) is 4.39 Å². The summed E-state index contributed by atoms with van der Waals surface area (Å²) in [7, 11) is 1.82. The van der Waals surface area contributed by atoms with E-state index in [9.17, 15) is 14.0 Å². The quantitative estimate of drug-likeness (QED) is 0.886. The van der Waals surface area contributed by atoms with Crippen LogP contribution >= 0.6 is 11.3 Å². The number of hydrogen-bond donors (Lipinski definition) is 1. The Balaban J connectivity index is 1.74. The van der Waals surface area contributed by atoms with Crippen molar-refractivity contribution in [3.63, 3.8) is 0 Å². The van der Waals surface area contributed by atoms with Gasteiger partial charge >= 0.3 is 5.97 Å². The largest absolute Gasteiger partial charge is 0.480 e. The minimum Gasteiger partial charge on any atom is -0.480 e. The number of carbonyl (C=O) groups is 2. The van der Waals surface area contributed by atoms with Crippen molar-refractivity contribution in [2.24, 2.45) is 0 Å². The molecule has 1 saturated heterocycles. The van der Waals surface area contributed by atoms with Crippen LogP contribution in [0.25, 0.3) is 10.1 Å². The third-order valence-electron chi connectivity index (χ3n) is 5.09. The molecular formula is C19H23FN2O3S. The van der Waals surface area contributed by atoms with E-state index in [1.807, 2.05) is 23.8 Å². The highest BCUT2D eigenvalue weighted by molar-refractivity contribution is 7.21. The van der Waals surface area contributed by atoms with Crippen molar-refractivity contribution < 1.29 is 19.1 Å². The number of nitrogens with zero attached hydrogens (tertiary/aromatic N) is 2. The summed E-state index contributed by atoms with van der Waals surface area (Å²) in [6.45, 7) is 3.19. The number of fused-ring (bicyclic) bond motifs is 1. The molecule has 2 aromatic rings. The normalized spacial score (nSPS) is 18.3. The van der Waals surface area contributed by atoms with Crippen molar-refractivity contribution >= 4 is 33.3 Å². The molecule has 0 saturated carbocycles. The van der Waals surface area contributed by atoms with E-state index in [4.69, 9.17) is 5.11 Å². The molecule has 0 bridgehead atoms. The summed E-state index contributed by atoms with van der Waals surface area (Å²) in [6, 6.07) is 4.79. The second-order valence-electron chi connectivity index (χ2n) is 6.88. The second-order valence-corrected chi connectivity index (χ2v) is 7.93. The standard InChI is InChI=1S/C19H23FN2O3S/c1-12-15-6-5-13(20)10-16(15)26-18(12)19(25)22-8-3-4-14(7-9-22)21(2)11-17(23)24/h5-6,10,14H,3-4,7-9,11H2,1-2H3,(H,23,24). The third-order valence-corrected chi connectivity index (χ3v) is 6.33. The third kappa shape index (κ3) is 3.88. The van der Waals surface area contributed by atoms with Crippen LogP contribution in [0.5, 0.6) is 0 Å². The van der Waals surface area contributed by atoms with Gasteiger partial charge in [0, 0.05) is 23.8 Å². The van der Waals surface area contributed by atoms with Crippen LogP contribution < -0.4 is 0 Å². The summed E-state index contributed by atoms with van der Waals surface area (Å²) in [5.41, 5.74) is 0.902. The number of rotatable bonds is 4. The number of halogens is 1. The Morgan fingerprint density at radius 2 is 2.12 bits per heavy atom. The summed E-state index contributed by atoms with van der Waals surface area (Å²) in [6.07, 6.45) is 2.48. The number of benzene rings is 1. The number of carbonyl (C=O) groups excluding carboxylic acids is 1. The number of carboxylic acids is 1. The van der Waals surface area contributed by atoms with Gasteiger partial charge < -0.3 is 10.0 Å². The lowest BCUT2D eigenvalue weighted by Crippen LogP contribution is -2.37. The fourth-order valence-electron chi connectivity index (χ4n) is 3.61. The molecular weight excluding hydrogens is 355 g/mol. The molecule has 1 fully saturated rings. The van der Waals surface area contributed by atoms with E-state index in [-0.39, 0.29) is 24.3 Å². The van der Waals surface area contributed by atoms with Gasteiger partial charge in [-0.3, -0.25) is 14.5 Å². The van der Waals surface area contributed by atoms with Crippen molar-refractivity contribution in [3.05, 3.63) is 34.5 Å². The molecule has 1 atom stereocenters. The van der Waals surface area contributed by atoms with Crippen LogP contribution in [0.1, 0.15) is 34.5 Å². The summed E-state index contributed by atoms with van der Waals surface area (Å²) in [4.78, 5) is 28.3. The van der Waals surface area contributed by atoms with Crippen molar-refractivity contribution in [2.75, 3.05) is 26.7 Å². The molecule has 140 valence electrons. The number of thiophene rings is 1. The molecule has 0 aliphatic carbocycles. The minimum absolute atomic E-state index is 0.00866. The number of likely N-dealkylation sites (N-methyl/N-ethyl adjacent to an activating group) is 1. The van der Waals surface area contributed by atoms with E-state index in [1.54, 1.807) is 6.07 Å². The fraction of sp³-hybridized carbons (Fsp3) is 0.474. The van der Waals surface area contributed by atoms with Crippen LogP contribution in [0.15, 0.2) is 18.2 Å². The lowest BCUT2D eigenvalue weighted by molar-refractivity contribution is -0.138. The molecule has 1 N–H and O–H groups in total. The minimum atomic E-state index is -0.835. The summed E-state index contributed by atoms with van der Waals surface area (Å²) >= 11 is 1.34. The highest BCUT2D eigenvalue weighted by atomic mass is 32.1. The number of amides is 1. The van der Waals surface area contributed by atoms with Gasteiger partial charge in [0.2, 0.25) is 0 Å². The number of hydrogen-bond acceptors (Lipinski definition) is 4. The smallest absolute Gasteiger partial charge is 0.317 e. The molecule has 0 radical (unpaired) electrons. The molecule has 7 heteroatoms. The zero-order chi connectivity index (χ0) is 18.8. The SMILES string of the molecule is Cc1c(C(=O)N2CCCC(N(C)CC(=O)O)CC2)sc2cc(F)ccc12. The highest BCUT2D eigenvalue weighted by Crippen LogP contribution is 2.32. The predicted octanol–water partition coefficient (Wildman–Crippen LogP) is 3.36. The van der Waals surface area contributed by atoms with Crippen LogP contribution in [-0.2, 0) is 4.79 Å². The van der Waals surface area contributed by atoms with Crippen LogP contribution in [0.2, 0.25) is 0 Å². The molecule has 1 aromatic heterocycles. The molecule has 1 aliphatic rings. The van der Waals surface area contributed by atoms with Gasteiger partial charge in [-0.1, -0.05) is 6.07 Å². The topological polar surface area (TPSA) is 60.9 Å². The van der Waals surface area contributed by atoms with Gasteiger partial charge in [-0.15, -0.1) is 11.3 Å². The highest BCUT2D eigenvalue weighted by Gasteiger charge is 2.26. The number of likely N-dealkylation sites (tertiary alicyclic amines) is 1. The van der Waals surface area contributed by atoms with Crippen molar-refractivity contribution in [1.29, 1.82) is 0 Å². The van der Waals surface area contributed by atoms with Gasteiger partial charge in [0.25, 0.3) is 5.91 Å². The lowest BCUT2D eigenvalue weighted by Gasteiger charge is -2.25. The van der Waals surface area contributed by atoms with Crippen LogP contribution in [0, 0.1) is 12.7 Å². The predicted molar refractivity (Wildman–Crippen MR) is 100 cm³/mol. The maximum absolute atomic E-state index is 13.5. The zero-order valence-corrected chi connectivity index (χ0v) is 15.8. The van der Waals surface area contributed by atoms with E-state index in [1.165, 1.54) is 23.5 Å². The van der Waals surface area contributed by atoms with Gasteiger partial charge in [-0.25, -0.2) is 4.39 Å². The molecule has 1 aliphatic heterocycles. The van der Waals surface area contributed by atoms with Gasteiger partial charge in [-0.05, 0) is 56.3 Å². The summed E-state index contributed by atoms with van der Waals surface area (Å²) < 4.78 is 14.3. The van der Waals surface area contributed by atoms with E-state index in [0.717, 1.165) is 34.9 Å². The fourth-order valence-corrected chi connectivity index (χ4v) is 4.81. The van der Waals surface area contributed by atoms with Crippen molar-refractivity contribution in [1.82, 2.24) is 9.80 Å². The van der Waals surface area contributed by atoms with Gasteiger partial charge in [0.05, 0.1) is 11.4 Å². The monoisotopic (exact) mass is 378 g/mol. The molecule has 5 nitrogen and oxygen atoms in total. The van der Waals surface area contributed by atoms with Crippen LogP contribution in [-0.4, -0.2) is 59.5 Å². The van der Waals surface area contributed by atoms with Gasteiger partial charge in [0.1, 0.15) is 5.82 Å². The van der Waals surface area contributed by atoms with Gasteiger partial charge in [0.15, 0.2) is 0 Å². The number of carboxylic acid groups (broad SMARTS) is 1. The Morgan fingerprint density at radius 1 is 1.35 bits per heavy atom. The Labute approximate surface area is 156 Å². The Kier molecular flexibility index (Phi) is 5.58. The average molecular weight is 378 g/mol. The van der Waals surface area contributed by atoms with Crippen LogP contribution in [0.3, 0.4) is 0 Å². The zero-order valence-electron chi connectivity index (χ0n) is 15.0. The lowest BCUT2D eigenvalue weighted by atomic mass is 10.1. The summed E-state index contributed by atoms with van der Waals surface area (Å²) in [5.74, 6) is -1.14. The first-order chi connectivity index (χ1) is 12.4. The molecule has 2 heterocycles. The van der Waals surface area contributed by atoms with E-state index < -0.39 is 5.97 Å². The van der Waals surface area contributed by atoms with E-state index >= 15 is 0 Å². The molecule has 26 heavy (non-hydrogen) atoms. The van der Waals surface area contributed by atoms with E-state index in [2.05, 4.69) is 0 Å². The maximum atomic E-state index is 13.5. The second kappa shape index (κ2) is 7.72. The summed E-state index contributed by atoms with van der Waals surface area (Å²) in [5, 5.41) is 9.89. The first kappa shape index (κ1) is 18.8. The molecule has 0 spiro atoms. The molecule has 1 amide bonds. The Hall–Kier alpha value is -1.99. The maximum Gasteiger partial charge on any atom is 0.317 e. The van der Waals surface area contributed by atoms with E-state index in [0.29, 0.717) is 18.0 Å². The molecule has 3 rings (SSSR count). The number of aryl methyl sites for hydroxylation is 1. The molecule has 1 aromatic carbocycles. The van der Waals surface area contributed by atoms with Crippen molar-refractivity contribution in [3.8, 4) is 0 Å². The van der Waals surface area contributed by atoms with Gasteiger partial charge in [-0.2, -0.15) is 0 Å². The molecule has 1 unspecified atom stereocenters. The first-order valence-electron chi connectivity index (χ1n) is 8.76. The average Bonchev–Trinajstić information content (AvgIpc) is 2.76. The Morgan fingerprint density at radius 3 is 2.85 bits per heavy atom.